The third-order valence-corrected chi connectivity index (χ3v) is 3.34. The smallest absolute Gasteiger partial charge is 0.435 e. The van der Waals surface area contributed by atoms with E-state index in [1.54, 1.807) is 24.3 Å². The summed E-state index contributed by atoms with van der Waals surface area (Å²) in [4.78, 5) is 3.97. The number of nitrogens with zero attached hydrogens (tertiary/aromatic N) is 3. The molecule has 0 fully saturated rings. The molecule has 0 unspecified atom stereocenters. The Morgan fingerprint density at radius 3 is 2.67 bits per heavy atom. The predicted molar refractivity (Wildman–Crippen MR) is 72.2 cm³/mol. The second-order valence-corrected chi connectivity index (χ2v) is 4.98. The van der Waals surface area contributed by atoms with Crippen LogP contribution < -0.4 is 4.74 Å². The van der Waals surface area contributed by atoms with E-state index < -0.39 is 11.9 Å². The Hall–Kier alpha value is -2.09. The van der Waals surface area contributed by atoms with E-state index in [4.69, 9.17) is 4.74 Å². The first kappa shape index (κ1) is 13.9. The number of para-hydroxylation sites is 1. The third-order valence-electron chi connectivity index (χ3n) is 2.69. The lowest BCUT2D eigenvalue weighted by molar-refractivity contribution is -0.141. The standard InChI is InChI=1S/C13H7BrF3N3O/c14-8-3-1-2-4-10(8)21-12-9-7-11(13(15,16)17)19-20(9)6-5-18-12/h1-7H. The van der Waals surface area contributed by atoms with E-state index in [0.29, 0.717) is 10.2 Å². The molecular weight excluding hydrogens is 351 g/mol. The minimum atomic E-state index is -4.52. The molecule has 0 spiro atoms. The van der Waals surface area contributed by atoms with Crippen molar-refractivity contribution in [1.29, 1.82) is 0 Å². The minimum Gasteiger partial charge on any atom is -0.436 e. The van der Waals surface area contributed by atoms with Crippen LogP contribution in [0.25, 0.3) is 5.52 Å². The summed E-state index contributed by atoms with van der Waals surface area (Å²) in [5, 5.41) is 3.47. The van der Waals surface area contributed by atoms with Crippen LogP contribution in [0.3, 0.4) is 0 Å². The zero-order chi connectivity index (χ0) is 15.0. The molecule has 0 radical (unpaired) electrons. The number of ether oxygens (including phenoxy) is 1. The number of aromatic nitrogens is 3. The maximum atomic E-state index is 12.7. The lowest BCUT2D eigenvalue weighted by atomic mass is 10.3. The van der Waals surface area contributed by atoms with Crippen molar-refractivity contribution in [3.05, 3.63) is 52.9 Å². The second-order valence-electron chi connectivity index (χ2n) is 4.12. The van der Waals surface area contributed by atoms with Gasteiger partial charge in [0.1, 0.15) is 11.3 Å². The number of hydrogen-bond donors (Lipinski definition) is 0. The quantitative estimate of drug-likeness (QED) is 0.686. The predicted octanol–water partition coefficient (Wildman–Crippen LogP) is 4.30. The molecule has 4 nitrogen and oxygen atoms in total. The number of benzene rings is 1. The van der Waals surface area contributed by atoms with Gasteiger partial charge < -0.3 is 4.74 Å². The lowest BCUT2D eigenvalue weighted by Gasteiger charge is -2.07. The summed E-state index contributed by atoms with van der Waals surface area (Å²) in [6.07, 6.45) is -1.86. The number of alkyl halides is 3. The van der Waals surface area contributed by atoms with Crippen LogP contribution in [0.2, 0.25) is 0 Å². The molecule has 108 valence electrons. The van der Waals surface area contributed by atoms with Crippen LogP contribution in [0.4, 0.5) is 13.2 Å². The highest BCUT2D eigenvalue weighted by Crippen LogP contribution is 2.33. The third kappa shape index (κ3) is 2.71. The van der Waals surface area contributed by atoms with Crippen molar-refractivity contribution in [2.45, 2.75) is 6.18 Å². The summed E-state index contributed by atoms with van der Waals surface area (Å²) >= 11 is 3.30. The summed E-state index contributed by atoms with van der Waals surface area (Å²) in [5.41, 5.74) is -0.854. The van der Waals surface area contributed by atoms with E-state index in [0.717, 1.165) is 10.6 Å². The van der Waals surface area contributed by atoms with Crippen molar-refractivity contribution in [3.63, 3.8) is 0 Å². The van der Waals surface area contributed by atoms with Crippen LogP contribution >= 0.6 is 15.9 Å². The molecule has 3 aromatic rings. The first-order valence-electron chi connectivity index (χ1n) is 5.79. The highest BCUT2D eigenvalue weighted by atomic mass is 79.9. The zero-order valence-electron chi connectivity index (χ0n) is 10.3. The van der Waals surface area contributed by atoms with E-state index in [-0.39, 0.29) is 11.4 Å². The molecule has 0 bridgehead atoms. The molecule has 0 aliphatic rings. The van der Waals surface area contributed by atoms with Gasteiger partial charge in [-0.05, 0) is 28.1 Å². The van der Waals surface area contributed by atoms with Crippen LogP contribution in [0.5, 0.6) is 11.6 Å². The molecule has 0 N–H and O–H groups in total. The fraction of sp³-hybridized carbons (Fsp3) is 0.0769. The Bertz CT molecular complexity index is 801. The molecule has 21 heavy (non-hydrogen) atoms. The van der Waals surface area contributed by atoms with Gasteiger partial charge >= 0.3 is 6.18 Å². The summed E-state index contributed by atoms with van der Waals surface area (Å²) in [5.74, 6) is 0.500. The monoisotopic (exact) mass is 357 g/mol. The molecule has 0 aliphatic carbocycles. The minimum absolute atomic E-state index is 0.0485. The van der Waals surface area contributed by atoms with Gasteiger partial charge in [0.05, 0.1) is 4.47 Å². The lowest BCUT2D eigenvalue weighted by Crippen LogP contribution is -2.05. The maximum absolute atomic E-state index is 12.7. The van der Waals surface area contributed by atoms with Gasteiger partial charge in [0.25, 0.3) is 0 Å². The molecule has 2 heterocycles. The first-order valence-corrected chi connectivity index (χ1v) is 6.58. The Labute approximate surface area is 125 Å². The number of fused-ring (bicyclic) bond motifs is 1. The summed E-state index contributed by atoms with van der Waals surface area (Å²) in [6.45, 7) is 0. The Morgan fingerprint density at radius 2 is 1.95 bits per heavy atom. The second kappa shape index (κ2) is 5.03. The number of hydrogen-bond acceptors (Lipinski definition) is 3. The van der Waals surface area contributed by atoms with Gasteiger partial charge in [-0.1, -0.05) is 12.1 Å². The molecule has 8 heteroatoms. The molecule has 0 amide bonds. The summed E-state index contributed by atoms with van der Waals surface area (Å²) < 4.78 is 45.4. The van der Waals surface area contributed by atoms with Gasteiger partial charge in [-0.15, -0.1) is 0 Å². The molecule has 2 aromatic heterocycles. The van der Waals surface area contributed by atoms with Crippen molar-refractivity contribution in [3.8, 4) is 11.6 Å². The van der Waals surface area contributed by atoms with Crippen LogP contribution in [-0.4, -0.2) is 14.6 Å². The Balaban J connectivity index is 2.07. The van der Waals surface area contributed by atoms with Crippen LogP contribution in [0, 0.1) is 0 Å². The molecule has 0 saturated carbocycles. The maximum Gasteiger partial charge on any atom is 0.435 e. The molecular formula is C13H7BrF3N3O. The first-order chi connectivity index (χ1) is 9.95. The van der Waals surface area contributed by atoms with Gasteiger partial charge in [-0.25, -0.2) is 9.50 Å². The van der Waals surface area contributed by atoms with Gasteiger partial charge in [-0.3, -0.25) is 0 Å². The molecule has 3 rings (SSSR count). The van der Waals surface area contributed by atoms with Crippen molar-refractivity contribution in [2.24, 2.45) is 0 Å². The van der Waals surface area contributed by atoms with Gasteiger partial charge in [-0.2, -0.15) is 18.3 Å². The van der Waals surface area contributed by atoms with Crippen LogP contribution in [-0.2, 0) is 6.18 Å². The number of halogens is 4. The van der Waals surface area contributed by atoms with Gasteiger partial charge in [0.2, 0.25) is 5.88 Å². The molecule has 0 aliphatic heterocycles. The van der Waals surface area contributed by atoms with Crippen molar-refractivity contribution < 1.29 is 17.9 Å². The molecule has 0 atom stereocenters. The van der Waals surface area contributed by atoms with E-state index >= 15 is 0 Å². The van der Waals surface area contributed by atoms with E-state index in [1.165, 1.54) is 12.4 Å². The highest BCUT2D eigenvalue weighted by Gasteiger charge is 2.34. The van der Waals surface area contributed by atoms with E-state index in [2.05, 4.69) is 26.0 Å². The van der Waals surface area contributed by atoms with Crippen molar-refractivity contribution in [1.82, 2.24) is 14.6 Å². The van der Waals surface area contributed by atoms with Crippen molar-refractivity contribution >= 4 is 21.4 Å². The summed E-state index contributed by atoms with van der Waals surface area (Å²) in [7, 11) is 0. The normalized spacial score (nSPS) is 11.8. The average molecular weight is 358 g/mol. The zero-order valence-corrected chi connectivity index (χ0v) is 11.9. The van der Waals surface area contributed by atoms with Crippen LogP contribution in [0.1, 0.15) is 5.69 Å². The van der Waals surface area contributed by atoms with E-state index in [1.807, 2.05) is 0 Å². The fourth-order valence-corrected chi connectivity index (χ4v) is 2.11. The fourth-order valence-electron chi connectivity index (χ4n) is 1.75. The SMILES string of the molecule is FC(F)(F)c1cc2c(Oc3ccccc3Br)nccn2n1. The van der Waals surface area contributed by atoms with Crippen molar-refractivity contribution in [2.75, 3.05) is 0 Å². The van der Waals surface area contributed by atoms with E-state index in [9.17, 15) is 13.2 Å². The Morgan fingerprint density at radius 1 is 1.19 bits per heavy atom. The topological polar surface area (TPSA) is 39.4 Å². The summed E-state index contributed by atoms with van der Waals surface area (Å²) in [6, 6.07) is 7.88. The largest absolute Gasteiger partial charge is 0.436 e. The molecule has 1 aromatic carbocycles. The Kier molecular flexibility index (Phi) is 3.32. The number of rotatable bonds is 2. The highest BCUT2D eigenvalue weighted by molar-refractivity contribution is 9.10. The van der Waals surface area contributed by atoms with Gasteiger partial charge in [0.15, 0.2) is 5.69 Å². The average Bonchev–Trinajstić information content (AvgIpc) is 2.86. The molecule has 0 saturated heterocycles. The van der Waals surface area contributed by atoms with Gasteiger partial charge in [0, 0.05) is 18.5 Å². The van der Waals surface area contributed by atoms with Crippen LogP contribution in [0.15, 0.2) is 47.2 Å².